The molecule has 9 amide bonds. The summed E-state index contributed by atoms with van der Waals surface area (Å²) in [7, 11) is 3.43. The Morgan fingerprint density at radius 1 is 0.636 bits per heavy atom. The number of amides is 9. The van der Waals surface area contributed by atoms with Crippen molar-refractivity contribution in [1.82, 2.24) is 47.4 Å². The summed E-state index contributed by atoms with van der Waals surface area (Å²) in [5.74, 6) is -7.28. The fraction of sp³-hybridized carbons (Fsp3) is 0.645. The highest BCUT2D eigenvalue weighted by molar-refractivity contribution is 8.76. The van der Waals surface area contributed by atoms with Crippen molar-refractivity contribution < 1.29 is 66.9 Å². The maximum atomic E-state index is 15.0. The zero-order valence-electron chi connectivity index (χ0n) is 54.0. The minimum Gasteiger partial charge on any atom is -0.488 e. The highest BCUT2D eigenvalue weighted by Crippen LogP contribution is 2.27. The third kappa shape index (κ3) is 25.8. The van der Waals surface area contributed by atoms with Crippen molar-refractivity contribution in [3.05, 3.63) is 59.7 Å². The van der Waals surface area contributed by atoms with E-state index in [1.165, 1.54) is 11.9 Å². The van der Waals surface area contributed by atoms with Crippen LogP contribution in [0.5, 0.6) is 11.5 Å². The van der Waals surface area contributed by atoms with E-state index in [4.69, 9.17) is 24.7 Å². The van der Waals surface area contributed by atoms with Crippen LogP contribution in [0.4, 0.5) is 0 Å². The number of rotatable bonds is 16. The lowest BCUT2D eigenvalue weighted by Crippen LogP contribution is -2.61. The van der Waals surface area contributed by atoms with E-state index in [-0.39, 0.29) is 43.2 Å². The fourth-order valence-corrected chi connectivity index (χ4v) is 11.9. The molecule has 10 N–H and O–H groups in total. The smallest absolute Gasteiger partial charge is 0.308 e. The van der Waals surface area contributed by atoms with E-state index in [1.807, 2.05) is 55.4 Å². The first-order chi connectivity index (χ1) is 40.8. The van der Waals surface area contributed by atoms with E-state index in [2.05, 4.69) is 42.5 Å². The Kier molecular flexibility index (Phi) is 27.5. The Bertz CT molecular complexity index is 2740. The number of nitrogens with zero attached hydrogens (tertiary/aromatic N) is 1. The van der Waals surface area contributed by atoms with Crippen LogP contribution in [0.3, 0.4) is 0 Å². The first kappa shape index (κ1) is 73.8. The first-order valence-electron chi connectivity index (χ1n) is 29.9. The maximum Gasteiger partial charge on any atom is 0.308 e. The van der Waals surface area contributed by atoms with Gasteiger partial charge < -0.3 is 72.1 Å². The summed E-state index contributed by atoms with van der Waals surface area (Å²) in [5.41, 5.74) is 4.42. The number of nitrogens with one attached hydrogen (secondary N) is 8. The third-order valence-electron chi connectivity index (χ3n) is 13.2. The largest absolute Gasteiger partial charge is 0.488 e. The predicted molar refractivity (Wildman–Crippen MR) is 338 cm³/mol. The van der Waals surface area contributed by atoms with Gasteiger partial charge in [-0.2, -0.15) is 0 Å². The van der Waals surface area contributed by atoms with Crippen molar-refractivity contribution >= 4 is 80.7 Å². The lowest BCUT2D eigenvalue weighted by Gasteiger charge is -2.31. The zero-order valence-corrected chi connectivity index (χ0v) is 55.7. The van der Waals surface area contributed by atoms with Crippen LogP contribution in [0.1, 0.15) is 141 Å². The fourth-order valence-electron chi connectivity index (χ4n) is 9.52. The zero-order chi connectivity index (χ0) is 66.1. The molecular weight excluding hydrogens is 1170 g/mol. The number of nitrogens with two attached hydrogens (primary N) is 1. The molecule has 2 aliphatic heterocycles. The summed E-state index contributed by atoms with van der Waals surface area (Å²) >= 11 is 0. The van der Waals surface area contributed by atoms with Crippen molar-refractivity contribution in [2.24, 2.45) is 11.7 Å². The molecule has 0 aliphatic carbocycles. The average Bonchev–Trinajstić information content (AvgIpc) is 3.13. The Morgan fingerprint density at radius 3 is 1.65 bits per heavy atom. The molecule has 0 bridgehead atoms. The molecule has 490 valence electrons. The molecule has 88 heavy (non-hydrogen) atoms. The molecule has 2 fully saturated rings. The second-order valence-corrected chi connectivity index (χ2v) is 29.1. The van der Waals surface area contributed by atoms with Crippen LogP contribution in [-0.2, 0) is 70.3 Å². The lowest BCUT2D eigenvalue weighted by atomic mass is 10.0. The van der Waals surface area contributed by atoms with E-state index in [1.54, 1.807) is 97.0 Å². The molecule has 2 aliphatic rings. The summed E-state index contributed by atoms with van der Waals surface area (Å²) in [5, 5.41) is 21.4. The van der Waals surface area contributed by atoms with Crippen molar-refractivity contribution in [2.45, 2.75) is 219 Å². The van der Waals surface area contributed by atoms with E-state index in [9.17, 15) is 38.4 Å². The van der Waals surface area contributed by atoms with Gasteiger partial charge in [0.1, 0.15) is 70.6 Å². The summed E-state index contributed by atoms with van der Waals surface area (Å²) < 4.78 is 23.8. The molecule has 4 rings (SSSR count). The number of likely N-dealkylation sites (N-methyl/N-ethyl adjacent to an activating group) is 1. The van der Waals surface area contributed by atoms with Crippen molar-refractivity contribution in [3.63, 3.8) is 0 Å². The normalized spacial score (nSPS) is 22.8. The molecule has 2 aromatic carbocycles. The van der Waals surface area contributed by atoms with Crippen molar-refractivity contribution in [1.29, 1.82) is 0 Å². The molecule has 9 atom stereocenters. The van der Waals surface area contributed by atoms with Gasteiger partial charge in [0, 0.05) is 37.9 Å². The summed E-state index contributed by atoms with van der Waals surface area (Å²) in [6, 6.07) is 2.70. The molecule has 2 heterocycles. The van der Waals surface area contributed by atoms with Crippen LogP contribution >= 0.6 is 21.6 Å². The van der Waals surface area contributed by atoms with Crippen LogP contribution < -0.4 is 57.7 Å². The van der Waals surface area contributed by atoms with Gasteiger partial charge in [-0.25, -0.2) is 0 Å². The summed E-state index contributed by atoms with van der Waals surface area (Å²) in [4.78, 5) is 145. The first-order valence-corrected chi connectivity index (χ1v) is 32.4. The number of ether oxygens (including phenoxy) is 4. The number of carbonyl (C=O) groups is 10. The maximum absolute atomic E-state index is 15.0. The Balaban J connectivity index is 1.90. The van der Waals surface area contributed by atoms with E-state index >= 15 is 9.59 Å². The molecule has 24 nitrogen and oxygen atoms in total. The summed E-state index contributed by atoms with van der Waals surface area (Å²) in [6.07, 6.45) is -1.07. The Labute approximate surface area is 526 Å². The van der Waals surface area contributed by atoms with Gasteiger partial charge in [-0.1, -0.05) is 59.7 Å². The lowest BCUT2D eigenvalue weighted by molar-refractivity contribution is -0.156. The second-order valence-electron chi connectivity index (χ2n) is 26.5. The molecule has 1 unspecified atom stereocenters. The Hall–Kier alpha value is -6.64. The van der Waals surface area contributed by atoms with Crippen LogP contribution in [0.25, 0.3) is 0 Å². The van der Waals surface area contributed by atoms with Gasteiger partial charge in [0.15, 0.2) is 0 Å². The number of esters is 1. The van der Waals surface area contributed by atoms with Gasteiger partial charge in [0.25, 0.3) is 0 Å². The molecular formula is C62H96N10O14S2. The number of hydrogen-bond acceptors (Lipinski definition) is 17. The Morgan fingerprint density at radius 2 is 1.15 bits per heavy atom. The molecule has 2 saturated heterocycles. The van der Waals surface area contributed by atoms with Crippen LogP contribution in [-0.4, -0.2) is 173 Å². The second kappa shape index (κ2) is 32.7. The van der Waals surface area contributed by atoms with E-state index in [0.29, 0.717) is 35.5 Å². The number of hydrogen-bond donors (Lipinski definition) is 9. The number of likely N-dealkylation sites (tertiary alicyclic amines) is 1. The molecule has 0 spiro atoms. The number of carbonyl (C=O) groups excluding carboxylic acids is 10. The highest BCUT2D eigenvalue weighted by atomic mass is 33.1. The van der Waals surface area contributed by atoms with Gasteiger partial charge in [-0.05, 0) is 151 Å². The van der Waals surface area contributed by atoms with Crippen molar-refractivity contribution in [2.75, 3.05) is 31.6 Å². The highest BCUT2D eigenvalue weighted by Gasteiger charge is 2.40. The monoisotopic (exact) mass is 1270 g/mol. The molecule has 26 heteroatoms. The van der Waals surface area contributed by atoms with Crippen LogP contribution in [0.15, 0.2) is 48.5 Å². The van der Waals surface area contributed by atoms with E-state index in [0.717, 1.165) is 21.6 Å². The molecule has 0 aromatic heterocycles. The SMILES string of the molecule is CNC(=O)[C@@H]1CSSC[C@H](NC(=O)[C@@H]2CCCN2C(=O)[C@@H](N)CC(C)C)C(=O)N[C@@H](CC(=O)OC(C)(C)C)C(=O)N[C@@H](Cc2ccc(OC(C)(C)C)cc2)C(=O)N[C@@H](Cc2ccc(OC(C)(C)C)cc2)C(=O)NCC(=O)N[C@@H](C(C)OC(C)(C)C)C(=O)N1. The van der Waals surface area contributed by atoms with Gasteiger partial charge in [0.2, 0.25) is 53.2 Å². The van der Waals surface area contributed by atoms with Gasteiger partial charge >= 0.3 is 5.97 Å². The van der Waals surface area contributed by atoms with Gasteiger partial charge in [-0.15, -0.1) is 0 Å². The average molecular weight is 1270 g/mol. The van der Waals surface area contributed by atoms with Gasteiger partial charge in [-0.3, -0.25) is 47.9 Å². The van der Waals surface area contributed by atoms with Crippen molar-refractivity contribution in [3.8, 4) is 11.5 Å². The standard InChI is InChI=1S/C62H96N10O14S2/c1-35(2)28-41(63)58(82)72-27-17-18-47(72)56(80)69-46-34-88-87-33-45(51(75)64-16)70-57(81)50(36(3)83-59(4,5)6)71-48(73)32-65-52(76)42(29-37-19-23-39(24-20-37)84-60(7,8)9)66-53(77)43(30-38-21-25-40(26-22-38)85-61(10,11)12)67-54(78)44(68-55(46)79)31-49(74)86-62(13,14)15/h19-26,35-36,41-47,50H,17-18,27-34,63H2,1-16H3,(H,64,75)(H,65,76)(H,66,77)(H,67,78)(H,68,79)(H,69,80)(H,70,81)(H,71,73)/t36?,41-,42-,43-,44-,45-,46-,47-,50-/m0/s1. The summed E-state index contributed by atoms with van der Waals surface area (Å²) in [6.45, 7) is 26.3. The van der Waals surface area contributed by atoms with Crippen LogP contribution in [0.2, 0.25) is 0 Å². The molecule has 0 saturated carbocycles. The topological polar surface area (TPSA) is 333 Å². The van der Waals surface area contributed by atoms with Crippen LogP contribution in [0, 0.1) is 5.92 Å². The number of benzene rings is 2. The molecule has 0 radical (unpaired) electrons. The molecule has 2 aromatic rings. The third-order valence-corrected chi connectivity index (χ3v) is 15.7. The minimum atomic E-state index is -1.77. The van der Waals surface area contributed by atoms with E-state index < -0.39 is 149 Å². The quantitative estimate of drug-likeness (QED) is 0.0860. The minimum absolute atomic E-state index is 0.0774. The predicted octanol–water partition coefficient (Wildman–Crippen LogP) is 3.29. The van der Waals surface area contributed by atoms with Gasteiger partial charge in [0.05, 0.1) is 30.7 Å².